The first-order valence-electron chi connectivity index (χ1n) is 41.2. The van der Waals surface area contributed by atoms with Gasteiger partial charge in [0.05, 0.1) is 92.2 Å². The number of nitrogens with zero attached hydrogens (tertiary/aromatic N) is 12. The van der Waals surface area contributed by atoms with E-state index in [4.69, 9.17) is 31.5 Å². The highest BCUT2D eigenvalue weighted by Gasteiger charge is 2.29. The summed E-state index contributed by atoms with van der Waals surface area (Å²) in [6.45, 7) is 20.7. The Morgan fingerprint density at radius 3 is 1.26 bits per heavy atom. The molecule has 22 heteroatoms. The maximum absolute atomic E-state index is 6.42. The predicted octanol–water partition coefficient (Wildman–Crippen LogP) is 24.8. The Balaban J connectivity index is 0.0000000956. The number of aryl methyl sites for hydroxylation is 15. The van der Waals surface area contributed by atoms with Gasteiger partial charge in [-0.25, -0.2) is 47.8 Å². The summed E-state index contributed by atoms with van der Waals surface area (Å²) in [6.07, 6.45) is 13.5. The minimum absolute atomic E-state index is 0.618. The maximum Gasteiger partial charge on any atom is 0.286 e. The van der Waals surface area contributed by atoms with Crippen LogP contribution >= 0.6 is 45.3 Å². The third-order valence-electron chi connectivity index (χ3n) is 23.6. The molecule has 0 radical (unpaired) electrons. The molecule has 20 heterocycles. The molecule has 0 aliphatic heterocycles. The van der Waals surface area contributed by atoms with Gasteiger partial charge in [0.1, 0.15) is 65.8 Å². The molecular formula is C103H83N12O6S4+5. The van der Waals surface area contributed by atoms with E-state index in [-0.39, 0.29) is 0 Å². The van der Waals surface area contributed by atoms with Crippen LogP contribution in [-0.2, 0) is 35.2 Å². The zero-order valence-corrected chi connectivity index (χ0v) is 74.7. The van der Waals surface area contributed by atoms with Crippen molar-refractivity contribution in [3.63, 3.8) is 0 Å². The number of fused-ring (bicyclic) bond motifs is 25. The van der Waals surface area contributed by atoms with Crippen LogP contribution in [0.1, 0.15) is 56.3 Å². The molecule has 125 heavy (non-hydrogen) atoms. The van der Waals surface area contributed by atoms with Gasteiger partial charge in [-0.15, -0.1) is 45.3 Å². The van der Waals surface area contributed by atoms with Gasteiger partial charge in [0.15, 0.2) is 57.7 Å². The number of thiophene rings is 4. The van der Waals surface area contributed by atoms with Crippen LogP contribution < -0.4 is 22.8 Å². The van der Waals surface area contributed by atoms with Crippen molar-refractivity contribution in [2.75, 3.05) is 0 Å². The van der Waals surface area contributed by atoms with Gasteiger partial charge in [0.25, 0.3) is 12.7 Å². The molecule has 5 aromatic carbocycles. The van der Waals surface area contributed by atoms with Crippen LogP contribution in [0.2, 0.25) is 0 Å². The van der Waals surface area contributed by atoms with Crippen LogP contribution in [-0.4, -0.2) is 34.9 Å². The molecule has 18 nitrogen and oxygen atoms in total. The highest BCUT2D eigenvalue weighted by Crippen LogP contribution is 2.50. The van der Waals surface area contributed by atoms with Gasteiger partial charge >= 0.3 is 0 Å². The molecule has 0 aliphatic carbocycles. The number of furan rings is 6. The molecule has 0 atom stereocenters. The van der Waals surface area contributed by atoms with E-state index in [2.05, 4.69) is 258 Å². The molecule has 610 valence electrons. The van der Waals surface area contributed by atoms with Gasteiger partial charge in [-0.3, -0.25) is 0 Å². The third-order valence-corrected chi connectivity index (χ3v) is 28.4. The van der Waals surface area contributed by atoms with Crippen molar-refractivity contribution in [3.05, 3.63) is 288 Å². The van der Waals surface area contributed by atoms with Gasteiger partial charge in [0.2, 0.25) is 34.2 Å². The molecule has 0 N–H and O–H groups in total. The summed E-state index contributed by atoms with van der Waals surface area (Å²) in [5.41, 5.74) is 32.2. The van der Waals surface area contributed by atoms with Crippen LogP contribution in [0, 0.1) is 69.2 Å². The Morgan fingerprint density at radius 2 is 0.656 bits per heavy atom. The second kappa shape index (κ2) is 30.7. The van der Waals surface area contributed by atoms with Crippen molar-refractivity contribution < 1.29 is 49.3 Å². The maximum atomic E-state index is 6.42. The highest BCUT2D eigenvalue weighted by molar-refractivity contribution is 7.36. The van der Waals surface area contributed by atoms with Crippen molar-refractivity contribution in [2.24, 2.45) is 35.2 Å². The largest absolute Gasteiger partial charge is 0.454 e. The van der Waals surface area contributed by atoms with Gasteiger partial charge in [-0.05, 0) is 218 Å². The Hall–Kier alpha value is -14.2. The first-order valence-corrected chi connectivity index (χ1v) is 44.5. The molecule has 25 aromatic rings. The summed E-state index contributed by atoms with van der Waals surface area (Å²) < 4.78 is 55.3. The van der Waals surface area contributed by atoms with Crippen molar-refractivity contribution in [3.8, 4) is 56.3 Å². The lowest BCUT2D eigenvalue weighted by Crippen LogP contribution is -2.31. The zero-order valence-electron chi connectivity index (χ0n) is 71.4. The first-order chi connectivity index (χ1) is 60.6. The Morgan fingerprint density at radius 1 is 0.256 bits per heavy atom. The summed E-state index contributed by atoms with van der Waals surface area (Å²) in [5, 5.41) is 10.9. The zero-order chi connectivity index (χ0) is 85.6. The molecule has 0 spiro atoms. The van der Waals surface area contributed by atoms with Gasteiger partial charge in [-0.2, -0.15) is 0 Å². The Bertz CT molecular complexity index is 8070. The van der Waals surface area contributed by atoms with Crippen molar-refractivity contribution >= 4 is 204 Å². The number of rotatable bonds is 5. The fourth-order valence-corrected chi connectivity index (χ4v) is 22.4. The Labute approximate surface area is 732 Å². The van der Waals surface area contributed by atoms with E-state index in [1.54, 1.807) is 47.7 Å². The van der Waals surface area contributed by atoms with Crippen molar-refractivity contribution in [2.45, 2.75) is 69.2 Å². The smallest absolute Gasteiger partial charge is 0.286 e. The van der Waals surface area contributed by atoms with E-state index in [1.807, 2.05) is 128 Å². The summed E-state index contributed by atoms with van der Waals surface area (Å²) in [6, 6.07) is 65.3. The van der Waals surface area contributed by atoms with E-state index < -0.39 is 0 Å². The van der Waals surface area contributed by atoms with Crippen molar-refractivity contribution in [1.29, 1.82) is 0 Å². The molecule has 25 rings (SSSR count). The molecule has 0 aliphatic rings. The van der Waals surface area contributed by atoms with E-state index in [0.717, 1.165) is 171 Å². The standard InChI is InChI=1S/2C21H17N2OS.C21H17N2S2.2C20H16N3O2/c1-12-7-9-14-18-20(15-10-8-13(2)22-21(15)24-18)25-19(14)17(12)16-6-4-5-11-23(16)3;1-12-7-9-14-18(17(12)16-6-4-5-11-23(16)3)24-19-15-10-8-13(2)22-21(15)25-20(14)19;1-12-10-16-18(11-15(12)17-6-4-5-9-23(17)3)24-19-14-8-7-13(2)22-21(14)25-20(16)19;1-11-4-6-13-17(16(11)15-8-9-21-10-23(15)3)24-19-14-7-5-12(2)22-20(14)25-18(13)19;1-11-8-15-17(9-14(11)16-6-7-21-10-23(16)3)24-18-13-5-4-12(2)22-20(13)25-19(15)18/h3*4-11H,1-3H3;2*4-10H,1-3H3/q5*+1. The SMILES string of the molecule is Cc1ccc2c(n1)oc1c3cc(C)c(-c4ccnc[n+]4C)cc3oc21.Cc1ccc2c(n1)oc1c3ccc(C)c(-c4cccc[n+]4C)c3sc21.Cc1ccc2c(n1)oc1c3ccc(C)c(-c4ccnc[n+]4C)c3oc21.Cc1ccc2c(n1)sc1c3cc(C)c(-c4cccc[n+]4C)cc3sc21.Cc1ccc2c(n1)sc1c3ccc(C)c(-c4cccc[n+]4C)c3oc21. The van der Waals surface area contributed by atoms with Crippen LogP contribution in [0.3, 0.4) is 0 Å². The molecule has 0 saturated carbocycles. The van der Waals surface area contributed by atoms with Crippen LogP contribution in [0.25, 0.3) is 215 Å². The van der Waals surface area contributed by atoms with Gasteiger partial charge < -0.3 is 26.5 Å². The summed E-state index contributed by atoms with van der Waals surface area (Å²) in [7, 11) is 10.2. The average Bonchev–Trinajstić information content (AvgIpc) is 1.57. The summed E-state index contributed by atoms with van der Waals surface area (Å²) in [5.74, 6) is 0. The van der Waals surface area contributed by atoms with Crippen LogP contribution in [0.4, 0.5) is 0 Å². The second-order valence-electron chi connectivity index (χ2n) is 32.3. The molecule has 0 fully saturated rings. The monoisotopic (exact) mass is 1710 g/mol. The summed E-state index contributed by atoms with van der Waals surface area (Å²) >= 11 is 7.22. The van der Waals surface area contributed by atoms with Gasteiger partial charge in [-0.1, -0.05) is 28.2 Å². The lowest BCUT2D eigenvalue weighted by Gasteiger charge is -2.06. The number of benzene rings is 5. The molecule has 20 aromatic heterocycles. The molecule has 0 unspecified atom stereocenters. The fraction of sp³-hybridized carbons (Fsp3) is 0.146. The third kappa shape index (κ3) is 13.4. The number of pyridine rings is 8. The fourth-order valence-electron chi connectivity index (χ4n) is 17.2. The number of hydrogen-bond acceptors (Lipinski definition) is 17. The van der Waals surface area contributed by atoms with E-state index in [9.17, 15) is 0 Å². The minimum Gasteiger partial charge on any atom is -0.454 e. The molecule has 0 saturated heterocycles. The van der Waals surface area contributed by atoms with Crippen molar-refractivity contribution in [1.82, 2.24) is 34.9 Å². The number of aromatic nitrogens is 12. The van der Waals surface area contributed by atoms with Crippen LogP contribution in [0.15, 0.2) is 258 Å². The molecule has 0 bridgehead atoms. The highest BCUT2D eigenvalue weighted by atomic mass is 32.1. The van der Waals surface area contributed by atoms with E-state index in [1.165, 1.54) is 88.9 Å². The lowest BCUT2D eigenvalue weighted by molar-refractivity contribution is -0.663. The first kappa shape index (κ1) is 78.1. The molecule has 0 amide bonds. The quantitative estimate of drug-likeness (QED) is 0.148. The lowest BCUT2D eigenvalue weighted by atomic mass is 10.0. The predicted molar refractivity (Wildman–Crippen MR) is 505 cm³/mol. The number of hydrogen-bond donors (Lipinski definition) is 0. The normalized spacial score (nSPS) is 11.8. The van der Waals surface area contributed by atoms with E-state index in [0.29, 0.717) is 11.4 Å². The molecular weight excluding hydrogens is 1630 g/mol. The summed E-state index contributed by atoms with van der Waals surface area (Å²) in [4.78, 5) is 33.3. The van der Waals surface area contributed by atoms with Gasteiger partial charge in [0, 0.05) is 109 Å². The average molecular weight is 1710 g/mol. The van der Waals surface area contributed by atoms with E-state index >= 15 is 0 Å². The Kier molecular flexibility index (Phi) is 19.2. The van der Waals surface area contributed by atoms with Crippen LogP contribution in [0.5, 0.6) is 0 Å². The topological polar surface area (TPSA) is 188 Å². The minimum atomic E-state index is 0.618. The second-order valence-corrected chi connectivity index (χ2v) is 36.4.